The van der Waals surface area contributed by atoms with Crippen LogP contribution in [0.3, 0.4) is 0 Å². The molecule has 1 rings (SSSR count). The molecular weight excluding hydrogens is 284 g/mol. The fourth-order valence-corrected chi connectivity index (χ4v) is 2.27. The third-order valence-corrected chi connectivity index (χ3v) is 3.08. The molecule has 0 aromatic carbocycles. The first kappa shape index (κ1) is 16.1. The van der Waals surface area contributed by atoms with Gasteiger partial charge in [0.15, 0.2) is 0 Å². The quantitative estimate of drug-likeness (QED) is 0.684. The van der Waals surface area contributed by atoms with Crippen LogP contribution in [0, 0.1) is 0 Å². The predicted molar refractivity (Wildman–Crippen MR) is 72.6 cm³/mol. The molecule has 3 N–H and O–H groups in total. The molecule has 20 heavy (non-hydrogen) atoms. The molecule has 1 aromatic heterocycles. The van der Waals surface area contributed by atoms with Gasteiger partial charge in [-0.15, -0.1) is 11.3 Å². The number of thiophene rings is 1. The molecule has 8 heteroatoms. The number of aliphatic carboxylic acids is 1. The largest absolute Gasteiger partial charge is 0.480 e. The summed E-state index contributed by atoms with van der Waals surface area (Å²) in [6, 6.07) is 3.14. The number of hydrogen-bond acceptors (Lipinski definition) is 5. The van der Waals surface area contributed by atoms with Gasteiger partial charge in [-0.1, -0.05) is 6.07 Å². The Bertz CT molecular complexity index is 460. The Hall–Kier alpha value is -1.93. The molecule has 110 valence electrons. The molecule has 3 amide bonds. The van der Waals surface area contributed by atoms with Crippen LogP contribution in [0.2, 0.25) is 0 Å². The third kappa shape index (κ3) is 6.86. The summed E-state index contributed by atoms with van der Waals surface area (Å²) in [6.07, 6.45) is 0.675. The predicted octanol–water partition coefficient (Wildman–Crippen LogP) is 0.606. The summed E-state index contributed by atoms with van der Waals surface area (Å²) in [7, 11) is 0. The molecule has 0 bridgehead atoms. The van der Waals surface area contributed by atoms with E-state index in [0.29, 0.717) is 6.42 Å². The average molecular weight is 300 g/mol. The summed E-state index contributed by atoms with van der Waals surface area (Å²) in [5.74, 6) is -1.86. The second-order valence-corrected chi connectivity index (χ2v) is 5.12. The van der Waals surface area contributed by atoms with E-state index in [0.717, 1.165) is 4.88 Å². The lowest BCUT2D eigenvalue weighted by Gasteiger charge is -2.13. The zero-order valence-electron chi connectivity index (χ0n) is 10.9. The topological polar surface area (TPSA) is 105 Å². The first-order valence-electron chi connectivity index (χ1n) is 5.89. The number of nitrogens with one attached hydrogen (secondary N) is 2. The molecule has 1 atom stereocenters. The molecule has 0 aliphatic carbocycles. The number of amides is 3. The van der Waals surface area contributed by atoms with Gasteiger partial charge in [-0.05, 0) is 18.4 Å². The SMILES string of the molecule is CC(Cc1cccs1)NC(=O)NC(=O)COCC(=O)O. The maximum atomic E-state index is 11.5. The minimum atomic E-state index is -1.17. The lowest BCUT2D eigenvalue weighted by atomic mass is 10.2. The summed E-state index contributed by atoms with van der Waals surface area (Å²) in [4.78, 5) is 34.0. The van der Waals surface area contributed by atoms with Gasteiger partial charge in [0.05, 0.1) is 0 Å². The van der Waals surface area contributed by atoms with Gasteiger partial charge in [0.25, 0.3) is 5.91 Å². The number of carboxylic acid groups (broad SMARTS) is 1. The van der Waals surface area contributed by atoms with Gasteiger partial charge < -0.3 is 15.2 Å². The van der Waals surface area contributed by atoms with E-state index in [1.165, 1.54) is 0 Å². The van der Waals surface area contributed by atoms with E-state index < -0.39 is 31.1 Å². The van der Waals surface area contributed by atoms with Crippen molar-refractivity contribution in [1.29, 1.82) is 0 Å². The number of carbonyl (C=O) groups excluding carboxylic acids is 2. The molecule has 0 fully saturated rings. The highest BCUT2D eigenvalue weighted by molar-refractivity contribution is 7.09. The number of urea groups is 1. The van der Waals surface area contributed by atoms with Crippen molar-refractivity contribution in [2.75, 3.05) is 13.2 Å². The highest BCUT2D eigenvalue weighted by Gasteiger charge is 2.12. The van der Waals surface area contributed by atoms with Gasteiger partial charge in [0.1, 0.15) is 13.2 Å². The second kappa shape index (κ2) is 8.28. The number of rotatable bonds is 7. The fourth-order valence-electron chi connectivity index (χ4n) is 1.44. The number of imide groups is 1. The zero-order valence-corrected chi connectivity index (χ0v) is 11.7. The fraction of sp³-hybridized carbons (Fsp3) is 0.417. The maximum Gasteiger partial charge on any atom is 0.329 e. The highest BCUT2D eigenvalue weighted by Crippen LogP contribution is 2.10. The normalized spacial score (nSPS) is 11.7. The molecule has 1 heterocycles. The number of carboxylic acids is 1. The summed E-state index contributed by atoms with van der Waals surface area (Å²) in [5, 5.41) is 14.9. The molecule has 0 aliphatic heterocycles. The Kier molecular flexibility index (Phi) is 6.68. The van der Waals surface area contributed by atoms with E-state index in [2.05, 4.69) is 15.4 Å². The molecule has 0 saturated carbocycles. The first-order valence-corrected chi connectivity index (χ1v) is 6.77. The molecule has 0 radical (unpaired) electrons. The van der Waals surface area contributed by atoms with Crippen molar-refractivity contribution in [3.63, 3.8) is 0 Å². The Morgan fingerprint density at radius 1 is 1.40 bits per heavy atom. The summed E-state index contributed by atoms with van der Waals surface area (Å²) in [6.45, 7) is 0.771. The number of hydrogen-bond donors (Lipinski definition) is 3. The molecule has 1 aromatic rings. The third-order valence-electron chi connectivity index (χ3n) is 2.18. The van der Waals surface area contributed by atoms with E-state index >= 15 is 0 Å². The smallest absolute Gasteiger partial charge is 0.329 e. The van der Waals surface area contributed by atoms with Crippen molar-refractivity contribution < 1.29 is 24.2 Å². The van der Waals surface area contributed by atoms with E-state index in [1.807, 2.05) is 24.4 Å². The Labute approximate surface area is 119 Å². The van der Waals surface area contributed by atoms with Gasteiger partial charge in [0, 0.05) is 17.3 Å². The zero-order chi connectivity index (χ0) is 15.0. The van der Waals surface area contributed by atoms with Crippen molar-refractivity contribution in [2.24, 2.45) is 0 Å². The summed E-state index contributed by atoms with van der Waals surface area (Å²) < 4.78 is 4.56. The van der Waals surface area contributed by atoms with Crippen LogP contribution in [-0.2, 0) is 20.7 Å². The van der Waals surface area contributed by atoms with Crippen LogP contribution in [0.4, 0.5) is 4.79 Å². The molecule has 0 aliphatic rings. The van der Waals surface area contributed by atoms with E-state index in [4.69, 9.17) is 5.11 Å². The number of carbonyl (C=O) groups is 3. The monoisotopic (exact) mass is 300 g/mol. The molecular formula is C12H16N2O5S. The maximum absolute atomic E-state index is 11.5. The van der Waals surface area contributed by atoms with Crippen molar-refractivity contribution in [1.82, 2.24) is 10.6 Å². The number of ether oxygens (including phenoxy) is 1. The van der Waals surface area contributed by atoms with E-state index in [1.54, 1.807) is 11.3 Å². The Morgan fingerprint density at radius 2 is 2.15 bits per heavy atom. The minimum absolute atomic E-state index is 0.124. The highest BCUT2D eigenvalue weighted by atomic mass is 32.1. The standard InChI is InChI=1S/C12H16N2O5S/c1-8(5-9-3-2-4-20-9)13-12(18)14-10(15)6-19-7-11(16)17/h2-4,8H,5-7H2,1H3,(H,16,17)(H2,13,14,15,18). The van der Waals surface area contributed by atoms with Gasteiger partial charge in [-0.25, -0.2) is 9.59 Å². The lowest BCUT2D eigenvalue weighted by molar-refractivity contribution is -0.143. The van der Waals surface area contributed by atoms with Crippen LogP contribution in [0.25, 0.3) is 0 Å². The van der Waals surface area contributed by atoms with Crippen molar-refractivity contribution >= 4 is 29.2 Å². The molecule has 1 unspecified atom stereocenters. The van der Waals surface area contributed by atoms with Crippen LogP contribution < -0.4 is 10.6 Å². The van der Waals surface area contributed by atoms with Crippen LogP contribution >= 0.6 is 11.3 Å². The first-order chi connectivity index (χ1) is 9.47. The Morgan fingerprint density at radius 3 is 2.75 bits per heavy atom. The second-order valence-electron chi connectivity index (χ2n) is 4.09. The molecule has 0 saturated heterocycles. The van der Waals surface area contributed by atoms with Gasteiger partial charge in [-0.3, -0.25) is 10.1 Å². The van der Waals surface area contributed by atoms with Gasteiger partial charge in [0.2, 0.25) is 0 Å². The van der Waals surface area contributed by atoms with E-state index in [9.17, 15) is 14.4 Å². The molecule has 0 spiro atoms. The van der Waals surface area contributed by atoms with Crippen molar-refractivity contribution in [3.05, 3.63) is 22.4 Å². The van der Waals surface area contributed by atoms with Gasteiger partial charge in [-0.2, -0.15) is 0 Å². The van der Waals surface area contributed by atoms with Crippen molar-refractivity contribution in [3.8, 4) is 0 Å². The van der Waals surface area contributed by atoms with Crippen LogP contribution in [0.1, 0.15) is 11.8 Å². The van der Waals surface area contributed by atoms with Crippen LogP contribution in [-0.4, -0.2) is 42.3 Å². The van der Waals surface area contributed by atoms with Gasteiger partial charge >= 0.3 is 12.0 Å². The average Bonchev–Trinajstić information content (AvgIpc) is 2.80. The van der Waals surface area contributed by atoms with Crippen LogP contribution in [0.15, 0.2) is 17.5 Å². The van der Waals surface area contributed by atoms with Crippen LogP contribution in [0.5, 0.6) is 0 Å². The lowest BCUT2D eigenvalue weighted by Crippen LogP contribution is -2.45. The minimum Gasteiger partial charge on any atom is -0.480 e. The molecule has 7 nitrogen and oxygen atoms in total. The summed E-state index contributed by atoms with van der Waals surface area (Å²) in [5.41, 5.74) is 0. The van der Waals surface area contributed by atoms with E-state index in [-0.39, 0.29) is 6.04 Å². The summed E-state index contributed by atoms with van der Waals surface area (Å²) >= 11 is 1.59. The van der Waals surface area contributed by atoms with Crippen molar-refractivity contribution in [2.45, 2.75) is 19.4 Å². The Balaban J connectivity index is 2.21.